The maximum Gasteiger partial charge on any atom is 0.255 e. The van der Waals surface area contributed by atoms with Crippen molar-refractivity contribution in [3.05, 3.63) is 95.1 Å². The quantitative estimate of drug-likeness (QED) is 0.691. The average Bonchev–Trinajstić information content (AvgIpc) is 2.66. The predicted octanol–water partition coefficient (Wildman–Crippen LogP) is 5.16. The summed E-state index contributed by atoms with van der Waals surface area (Å²) in [5.74, 6) is -10.4. The lowest BCUT2D eigenvalue weighted by Gasteiger charge is -2.54. The van der Waals surface area contributed by atoms with E-state index in [1.54, 1.807) is 60.7 Å². The standard InChI is InChI=1S/C20H12F4O2/c21-14-16(25)15(22)19(24)20(18(14)23)13(11-7-3-1-4-8-11)17(26-20)12-9-5-2-6-10-12/h1-10,13,17H/t13-,17+/m1/s1. The summed E-state index contributed by atoms with van der Waals surface area (Å²) in [6, 6.07) is 16.8. The smallest absolute Gasteiger partial charge is 0.255 e. The van der Waals surface area contributed by atoms with E-state index in [0.717, 1.165) is 0 Å². The summed E-state index contributed by atoms with van der Waals surface area (Å²) in [5.41, 5.74) is -1.57. The SMILES string of the molecule is O=C1C(F)=C(F)C2(O[C@@H](c3ccccc3)[C@H]2c2ccccc2)C(F)=C1F. The Balaban J connectivity index is 1.91. The monoisotopic (exact) mass is 360 g/mol. The van der Waals surface area contributed by atoms with E-state index in [1.165, 1.54) is 0 Å². The molecule has 0 radical (unpaired) electrons. The van der Waals surface area contributed by atoms with E-state index in [1.807, 2.05) is 0 Å². The lowest BCUT2D eigenvalue weighted by atomic mass is 9.67. The van der Waals surface area contributed by atoms with Gasteiger partial charge in [0.15, 0.2) is 17.3 Å². The van der Waals surface area contributed by atoms with Crippen LogP contribution in [0.15, 0.2) is 84.0 Å². The second-order valence-electron chi connectivity index (χ2n) is 6.16. The largest absolute Gasteiger partial charge is 0.351 e. The summed E-state index contributed by atoms with van der Waals surface area (Å²) >= 11 is 0. The Hall–Kier alpha value is -2.73. The summed E-state index contributed by atoms with van der Waals surface area (Å²) in [6.07, 6.45) is -0.830. The fourth-order valence-corrected chi connectivity index (χ4v) is 3.55. The zero-order valence-corrected chi connectivity index (χ0v) is 13.3. The summed E-state index contributed by atoms with van der Waals surface area (Å²) in [4.78, 5) is 11.4. The Morgan fingerprint density at radius 1 is 0.731 bits per heavy atom. The third-order valence-corrected chi connectivity index (χ3v) is 4.78. The minimum Gasteiger partial charge on any atom is -0.351 e. The molecular formula is C20H12F4O2. The number of rotatable bonds is 2. The summed E-state index contributed by atoms with van der Waals surface area (Å²) in [7, 11) is 0. The molecule has 0 aromatic heterocycles. The van der Waals surface area contributed by atoms with Crippen molar-refractivity contribution in [1.82, 2.24) is 0 Å². The van der Waals surface area contributed by atoms with Crippen LogP contribution in [0.2, 0.25) is 0 Å². The highest BCUT2D eigenvalue weighted by atomic mass is 19.2. The fourth-order valence-electron chi connectivity index (χ4n) is 3.55. The number of hydrogen-bond donors (Lipinski definition) is 0. The first kappa shape index (κ1) is 16.7. The van der Waals surface area contributed by atoms with Gasteiger partial charge in [-0.05, 0) is 11.1 Å². The van der Waals surface area contributed by atoms with E-state index in [0.29, 0.717) is 11.1 Å². The van der Waals surface area contributed by atoms with Gasteiger partial charge in [0.25, 0.3) is 5.78 Å². The number of Topliss-reactive ketones (excluding diaryl/α,β-unsaturated/α-hetero) is 1. The molecule has 1 fully saturated rings. The fraction of sp³-hybridized carbons (Fsp3) is 0.150. The molecule has 6 heteroatoms. The molecule has 0 N–H and O–H groups in total. The molecule has 1 aliphatic carbocycles. The lowest BCUT2D eigenvalue weighted by molar-refractivity contribution is -0.210. The zero-order chi connectivity index (χ0) is 18.5. The van der Waals surface area contributed by atoms with Crippen LogP contribution in [0.1, 0.15) is 23.1 Å². The van der Waals surface area contributed by atoms with E-state index in [4.69, 9.17) is 4.74 Å². The normalized spacial score (nSPS) is 24.8. The molecule has 1 aliphatic heterocycles. The van der Waals surface area contributed by atoms with Gasteiger partial charge in [0.2, 0.25) is 11.7 Å². The van der Waals surface area contributed by atoms with Crippen LogP contribution in [0.25, 0.3) is 0 Å². The van der Waals surface area contributed by atoms with Gasteiger partial charge in [-0.25, -0.2) is 8.78 Å². The van der Waals surface area contributed by atoms with Crippen LogP contribution in [0.4, 0.5) is 17.6 Å². The van der Waals surface area contributed by atoms with Gasteiger partial charge < -0.3 is 4.74 Å². The second-order valence-corrected chi connectivity index (χ2v) is 6.16. The summed E-state index contributed by atoms with van der Waals surface area (Å²) < 4.78 is 62.8. The van der Waals surface area contributed by atoms with E-state index in [-0.39, 0.29) is 0 Å². The first-order chi connectivity index (χ1) is 12.5. The van der Waals surface area contributed by atoms with Crippen LogP contribution in [-0.2, 0) is 9.53 Å². The minimum atomic E-state index is -2.61. The van der Waals surface area contributed by atoms with Crippen LogP contribution in [0.3, 0.4) is 0 Å². The van der Waals surface area contributed by atoms with Gasteiger partial charge in [-0.2, -0.15) is 8.78 Å². The van der Waals surface area contributed by atoms with Gasteiger partial charge in [0.05, 0.1) is 12.0 Å². The average molecular weight is 360 g/mol. The van der Waals surface area contributed by atoms with Gasteiger partial charge in [-0.1, -0.05) is 60.7 Å². The Morgan fingerprint density at radius 2 is 1.19 bits per heavy atom. The van der Waals surface area contributed by atoms with Crippen molar-refractivity contribution in [3.8, 4) is 0 Å². The molecule has 2 aliphatic rings. The van der Waals surface area contributed by atoms with E-state index in [2.05, 4.69) is 0 Å². The number of ether oxygens (including phenoxy) is 1. The van der Waals surface area contributed by atoms with Gasteiger partial charge >= 0.3 is 0 Å². The lowest BCUT2D eigenvalue weighted by Crippen LogP contribution is -2.56. The third-order valence-electron chi connectivity index (χ3n) is 4.78. The molecule has 2 aromatic carbocycles. The first-order valence-electron chi connectivity index (χ1n) is 7.92. The van der Waals surface area contributed by atoms with Crippen LogP contribution >= 0.6 is 0 Å². The predicted molar refractivity (Wildman–Crippen MR) is 85.7 cm³/mol. The van der Waals surface area contributed by atoms with Gasteiger partial charge in [-0.15, -0.1) is 0 Å². The molecule has 1 saturated heterocycles. The minimum absolute atomic E-state index is 0.438. The Labute approximate surface area is 146 Å². The van der Waals surface area contributed by atoms with Crippen molar-refractivity contribution in [2.45, 2.75) is 17.6 Å². The molecule has 4 rings (SSSR count). The molecule has 0 amide bonds. The van der Waals surface area contributed by atoms with Crippen molar-refractivity contribution in [2.75, 3.05) is 0 Å². The van der Waals surface area contributed by atoms with Crippen molar-refractivity contribution < 1.29 is 27.1 Å². The molecule has 0 unspecified atom stereocenters. The molecular weight excluding hydrogens is 348 g/mol. The van der Waals surface area contributed by atoms with Crippen molar-refractivity contribution in [3.63, 3.8) is 0 Å². The molecule has 0 bridgehead atoms. The molecule has 1 heterocycles. The van der Waals surface area contributed by atoms with Crippen molar-refractivity contribution in [1.29, 1.82) is 0 Å². The molecule has 2 aromatic rings. The highest BCUT2D eigenvalue weighted by Gasteiger charge is 2.67. The van der Waals surface area contributed by atoms with Crippen molar-refractivity contribution in [2.24, 2.45) is 0 Å². The second kappa shape index (κ2) is 5.92. The van der Waals surface area contributed by atoms with E-state index >= 15 is 0 Å². The number of allylic oxidation sites excluding steroid dienone is 2. The third kappa shape index (κ3) is 2.12. The van der Waals surface area contributed by atoms with Crippen LogP contribution < -0.4 is 0 Å². The molecule has 1 spiro atoms. The Kier molecular flexibility index (Phi) is 3.80. The number of carbonyl (C=O) groups is 1. The van der Waals surface area contributed by atoms with Crippen LogP contribution in [0, 0.1) is 0 Å². The highest BCUT2D eigenvalue weighted by molar-refractivity contribution is 6.07. The molecule has 2 nitrogen and oxygen atoms in total. The first-order valence-corrected chi connectivity index (χ1v) is 7.92. The highest BCUT2D eigenvalue weighted by Crippen LogP contribution is 2.63. The van der Waals surface area contributed by atoms with E-state index in [9.17, 15) is 22.4 Å². The molecule has 26 heavy (non-hydrogen) atoms. The maximum absolute atomic E-state index is 14.7. The van der Waals surface area contributed by atoms with Gasteiger partial charge in [-0.3, -0.25) is 4.79 Å². The van der Waals surface area contributed by atoms with Crippen LogP contribution in [-0.4, -0.2) is 11.4 Å². The number of halogens is 4. The Morgan fingerprint density at radius 3 is 1.69 bits per heavy atom. The molecule has 132 valence electrons. The number of benzene rings is 2. The topological polar surface area (TPSA) is 26.3 Å². The van der Waals surface area contributed by atoms with Crippen molar-refractivity contribution >= 4 is 5.78 Å². The zero-order valence-electron chi connectivity index (χ0n) is 13.3. The number of carbonyl (C=O) groups excluding carboxylic acids is 1. The van der Waals surface area contributed by atoms with E-state index < -0.39 is 46.7 Å². The number of ketones is 1. The summed E-state index contributed by atoms with van der Waals surface area (Å²) in [5, 5.41) is 0. The Bertz CT molecular complexity index is 907. The van der Waals surface area contributed by atoms with Gasteiger partial charge in [0, 0.05) is 0 Å². The van der Waals surface area contributed by atoms with Gasteiger partial charge in [0.1, 0.15) is 0 Å². The molecule has 2 atom stereocenters. The maximum atomic E-state index is 14.7. The molecule has 0 saturated carbocycles. The van der Waals surface area contributed by atoms with Crippen LogP contribution in [0.5, 0.6) is 0 Å². The number of hydrogen-bond acceptors (Lipinski definition) is 2. The summed E-state index contributed by atoms with van der Waals surface area (Å²) in [6.45, 7) is 0.